The molecule has 2 aliphatic rings. The van der Waals surface area contributed by atoms with E-state index in [-0.39, 0.29) is 0 Å². The van der Waals surface area contributed by atoms with Gasteiger partial charge in [-0.2, -0.15) is 0 Å². The Morgan fingerprint density at radius 3 is 1.00 bits per heavy atom. The van der Waals surface area contributed by atoms with Crippen LogP contribution in [0.4, 0.5) is 0 Å². The van der Waals surface area contributed by atoms with Crippen LogP contribution in [0, 0.1) is 0 Å². The third-order valence-corrected chi connectivity index (χ3v) is 22.2. The van der Waals surface area contributed by atoms with Gasteiger partial charge < -0.3 is 17.7 Å². The first-order valence-corrected chi connectivity index (χ1v) is 26.1. The molecule has 9 heteroatoms. The molecule has 0 aromatic heterocycles. The smallest absolute Gasteiger partial charge is 0.463 e. The molecule has 2 aliphatic carbocycles. The molecule has 0 heterocycles. The van der Waals surface area contributed by atoms with Crippen molar-refractivity contribution in [2.45, 2.75) is 87.4 Å². The molecule has 0 N–H and O–H groups in total. The quantitative estimate of drug-likeness (QED) is 0.0506. The van der Waals surface area contributed by atoms with E-state index in [0.717, 1.165) is 59.4 Å². The summed E-state index contributed by atoms with van der Waals surface area (Å²) >= 11 is 0. The largest absolute Gasteiger partial charge is 0.512 e. The van der Waals surface area contributed by atoms with Crippen molar-refractivity contribution in [1.29, 1.82) is 0 Å². The molecule has 4 aromatic carbocycles. The van der Waals surface area contributed by atoms with Crippen LogP contribution in [-0.2, 0) is 0 Å². The van der Waals surface area contributed by atoms with Crippen LogP contribution in [0.15, 0.2) is 121 Å². The Bertz CT molecular complexity index is 1280. The second kappa shape index (κ2) is 19.2. The summed E-state index contributed by atoms with van der Waals surface area (Å²) < 4.78 is 27.9. The van der Waals surface area contributed by atoms with Gasteiger partial charge in [0.15, 0.2) is 0 Å². The summed E-state index contributed by atoms with van der Waals surface area (Å²) in [6.45, 7) is 0. The van der Waals surface area contributed by atoms with E-state index in [2.05, 4.69) is 121 Å². The van der Waals surface area contributed by atoms with Crippen LogP contribution in [0.25, 0.3) is 0 Å². The number of para-hydroxylation sites is 4. The van der Waals surface area contributed by atoms with E-state index in [1.807, 2.05) is 31.4 Å². The van der Waals surface area contributed by atoms with Gasteiger partial charge in [-0.3, -0.25) is 0 Å². The molecular formula is C40H50O4S3Si2. The van der Waals surface area contributed by atoms with Gasteiger partial charge >= 0.3 is 17.1 Å². The van der Waals surface area contributed by atoms with Crippen LogP contribution in [0.1, 0.15) is 64.2 Å². The summed E-state index contributed by atoms with van der Waals surface area (Å²) in [4.78, 5) is 0. The lowest BCUT2D eigenvalue weighted by Gasteiger charge is -2.36. The van der Waals surface area contributed by atoms with Crippen molar-refractivity contribution < 1.29 is 17.7 Å². The third-order valence-electron chi connectivity index (χ3n) is 9.69. The van der Waals surface area contributed by atoms with Crippen molar-refractivity contribution in [2.24, 2.45) is 0 Å². The van der Waals surface area contributed by atoms with Crippen LogP contribution in [0.2, 0.25) is 23.2 Å². The van der Waals surface area contributed by atoms with E-state index in [4.69, 9.17) is 17.7 Å². The molecule has 0 spiro atoms. The highest BCUT2D eigenvalue weighted by Gasteiger charge is 2.52. The fourth-order valence-corrected chi connectivity index (χ4v) is 19.8. The van der Waals surface area contributed by atoms with Gasteiger partial charge in [-0.15, -0.1) is 0 Å². The first-order chi connectivity index (χ1) is 24.2. The minimum absolute atomic E-state index is 0.514. The fourth-order valence-electron chi connectivity index (χ4n) is 7.33. The predicted molar refractivity (Wildman–Crippen MR) is 216 cm³/mol. The van der Waals surface area contributed by atoms with Crippen LogP contribution in [0.3, 0.4) is 0 Å². The number of benzene rings is 4. The SMILES string of the molecule is c1ccc(O[Si](CCCSSSCCC[Si](Oc2ccccc2)(Oc2ccccc2)C2CCCC2)(Oc2ccccc2)C2CCCC2)cc1. The zero-order chi connectivity index (χ0) is 33.5. The molecule has 0 unspecified atom stereocenters. The zero-order valence-corrected chi connectivity index (χ0v) is 32.9. The Morgan fingerprint density at radius 2 is 0.714 bits per heavy atom. The highest BCUT2D eigenvalue weighted by molar-refractivity contribution is 9.09. The maximum absolute atomic E-state index is 6.98. The molecular weight excluding hydrogens is 697 g/mol. The number of hydrogen-bond acceptors (Lipinski definition) is 7. The minimum atomic E-state index is -2.58. The molecule has 0 radical (unpaired) electrons. The maximum atomic E-state index is 6.98. The molecule has 0 atom stereocenters. The van der Waals surface area contributed by atoms with Crippen LogP contribution >= 0.6 is 31.4 Å². The van der Waals surface area contributed by atoms with Crippen molar-refractivity contribution in [3.05, 3.63) is 121 Å². The highest BCUT2D eigenvalue weighted by Crippen LogP contribution is 2.46. The summed E-state index contributed by atoms with van der Waals surface area (Å²) in [7, 11) is 0.737. The normalized spacial score (nSPS) is 15.7. The predicted octanol–water partition coefficient (Wildman–Crippen LogP) is 12.9. The van der Waals surface area contributed by atoms with E-state index in [0.29, 0.717) is 11.1 Å². The number of hydrogen-bond donors (Lipinski definition) is 0. The van der Waals surface area contributed by atoms with Gasteiger partial charge in [-0.05, 0) is 96.9 Å². The van der Waals surface area contributed by atoms with Gasteiger partial charge in [-0.1, -0.05) is 120 Å². The van der Waals surface area contributed by atoms with Crippen LogP contribution in [-0.4, -0.2) is 28.6 Å². The Balaban J connectivity index is 1.03. The monoisotopic (exact) mass is 746 g/mol. The molecule has 4 aromatic rings. The van der Waals surface area contributed by atoms with E-state index in [9.17, 15) is 0 Å². The van der Waals surface area contributed by atoms with E-state index >= 15 is 0 Å². The van der Waals surface area contributed by atoms with Gasteiger partial charge in [0.1, 0.15) is 23.0 Å². The van der Waals surface area contributed by atoms with E-state index < -0.39 is 17.1 Å². The van der Waals surface area contributed by atoms with Crippen LogP contribution < -0.4 is 17.7 Å². The Morgan fingerprint density at radius 1 is 0.429 bits per heavy atom. The zero-order valence-electron chi connectivity index (χ0n) is 28.5. The second-order valence-corrected chi connectivity index (χ2v) is 24.3. The molecule has 4 nitrogen and oxygen atoms in total. The molecule has 49 heavy (non-hydrogen) atoms. The average Bonchev–Trinajstić information content (AvgIpc) is 3.89. The summed E-state index contributed by atoms with van der Waals surface area (Å²) in [5.41, 5.74) is 1.03. The van der Waals surface area contributed by atoms with E-state index in [1.54, 1.807) is 0 Å². The van der Waals surface area contributed by atoms with Crippen molar-refractivity contribution in [3.63, 3.8) is 0 Å². The molecule has 0 aliphatic heterocycles. The molecule has 2 fully saturated rings. The lowest BCUT2D eigenvalue weighted by molar-refractivity contribution is 0.354. The van der Waals surface area contributed by atoms with Gasteiger partial charge in [0.25, 0.3) is 0 Å². The Labute approximate surface area is 307 Å². The van der Waals surface area contributed by atoms with Crippen molar-refractivity contribution in [3.8, 4) is 23.0 Å². The minimum Gasteiger partial charge on any atom is -0.512 e. The first kappa shape index (κ1) is 36.4. The van der Waals surface area contributed by atoms with Crippen molar-refractivity contribution in [1.82, 2.24) is 0 Å². The van der Waals surface area contributed by atoms with Gasteiger partial charge in [0.05, 0.1) is 0 Å². The molecule has 2 saturated carbocycles. The van der Waals surface area contributed by atoms with Crippen LogP contribution in [0.5, 0.6) is 23.0 Å². The second-order valence-electron chi connectivity index (χ2n) is 13.2. The molecule has 260 valence electrons. The van der Waals surface area contributed by atoms with E-state index in [1.165, 1.54) is 51.4 Å². The standard InChI is InChI=1S/C40H50O4S3Si2/c1-5-19-35(20-6-1)41-48(39-27-13-14-28-39,42-36-21-7-2-8-22-36)33-17-31-45-47-46-32-18-34-49(40-29-15-16-30-40,43-37-23-9-3-10-24-37)44-38-25-11-4-12-26-38/h1-12,19-26,39-40H,13-18,27-34H2. The topological polar surface area (TPSA) is 36.9 Å². The van der Waals surface area contributed by atoms with Crippen molar-refractivity contribution >= 4 is 48.5 Å². The summed E-state index contributed by atoms with van der Waals surface area (Å²) in [6.07, 6.45) is 12.1. The highest BCUT2D eigenvalue weighted by atomic mass is 33.5. The molecule has 0 saturated heterocycles. The Hall–Kier alpha value is -2.44. The summed E-state index contributed by atoms with van der Waals surface area (Å²) in [5.74, 6) is 5.95. The Kier molecular flexibility index (Phi) is 14.3. The lowest BCUT2D eigenvalue weighted by atomic mass is 10.3. The molecule has 0 bridgehead atoms. The summed E-state index contributed by atoms with van der Waals surface area (Å²) in [6, 6.07) is 43.5. The molecule has 0 amide bonds. The van der Waals surface area contributed by atoms with Gasteiger partial charge in [0, 0.05) is 34.7 Å². The maximum Gasteiger partial charge on any atom is 0.463 e. The van der Waals surface area contributed by atoms with Gasteiger partial charge in [-0.25, -0.2) is 0 Å². The summed E-state index contributed by atoms with van der Waals surface area (Å²) in [5, 5.41) is 0. The average molecular weight is 747 g/mol. The number of rotatable bonds is 20. The van der Waals surface area contributed by atoms with Crippen molar-refractivity contribution in [2.75, 3.05) is 11.5 Å². The lowest BCUT2D eigenvalue weighted by Crippen LogP contribution is -2.52. The van der Waals surface area contributed by atoms with Gasteiger partial charge in [0.2, 0.25) is 0 Å². The molecule has 6 rings (SSSR count). The first-order valence-electron chi connectivity index (χ1n) is 18.1. The fraction of sp³-hybridized carbons (Fsp3) is 0.400. The third kappa shape index (κ3) is 10.8.